The highest BCUT2D eigenvalue weighted by Gasteiger charge is 2.16. The number of hydrogen-bond acceptors (Lipinski definition) is 4. The van der Waals surface area contributed by atoms with Gasteiger partial charge in [0.05, 0.1) is 11.4 Å². The van der Waals surface area contributed by atoms with E-state index < -0.39 is 0 Å². The molecule has 0 fully saturated rings. The van der Waals surface area contributed by atoms with Gasteiger partial charge < -0.3 is 0 Å². The Labute approximate surface area is 301 Å². The number of rotatable bonds is 6. The minimum absolute atomic E-state index is 0.663. The van der Waals surface area contributed by atoms with Crippen molar-refractivity contribution in [3.8, 4) is 67.3 Å². The molecule has 3 aromatic heterocycles. The summed E-state index contributed by atoms with van der Waals surface area (Å²) in [6, 6.07) is 56.0. The largest absolute Gasteiger partial charge is 0.264 e. The third-order valence-electron chi connectivity index (χ3n) is 10.0. The Hall–Kier alpha value is -7.04. The molecule has 0 spiro atoms. The van der Waals surface area contributed by atoms with E-state index in [-0.39, 0.29) is 0 Å². The summed E-state index contributed by atoms with van der Waals surface area (Å²) < 4.78 is 0. The lowest BCUT2D eigenvalue weighted by Crippen LogP contribution is -1.96. The Morgan fingerprint density at radius 3 is 1.52 bits per heavy atom. The molecule has 0 aliphatic carbocycles. The zero-order valence-electron chi connectivity index (χ0n) is 28.1. The van der Waals surface area contributed by atoms with Gasteiger partial charge in [-0.2, -0.15) is 0 Å². The van der Waals surface area contributed by atoms with Crippen LogP contribution in [0.15, 0.2) is 183 Å². The predicted octanol–water partition coefficient (Wildman–Crippen LogP) is 12.2. The van der Waals surface area contributed by atoms with Crippen molar-refractivity contribution in [2.75, 3.05) is 0 Å². The summed E-state index contributed by atoms with van der Waals surface area (Å²) in [6.45, 7) is 0. The second-order valence-electron chi connectivity index (χ2n) is 13.1. The highest BCUT2D eigenvalue weighted by molar-refractivity contribution is 6.27. The van der Waals surface area contributed by atoms with Crippen LogP contribution < -0.4 is 0 Å². The topological polar surface area (TPSA) is 51.6 Å². The van der Waals surface area contributed by atoms with Crippen LogP contribution in [-0.4, -0.2) is 19.9 Å². The highest BCUT2D eigenvalue weighted by Crippen LogP contribution is 2.43. The predicted molar refractivity (Wildman–Crippen MR) is 214 cm³/mol. The summed E-state index contributed by atoms with van der Waals surface area (Å²) in [6.07, 6.45) is 7.30. The van der Waals surface area contributed by atoms with Gasteiger partial charge in [0.2, 0.25) is 0 Å². The van der Waals surface area contributed by atoms with Gasteiger partial charge in [-0.15, -0.1) is 0 Å². The molecule has 0 aliphatic heterocycles. The fourth-order valence-electron chi connectivity index (χ4n) is 7.50. The Morgan fingerprint density at radius 2 is 0.865 bits per heavy atom. The van der Waals surface area contributed by atoms with E-state index in [2.05, 4.69) is 149 Å². The molecule has 10 aromatic rings. The minimum atomic E-state index is 0.663. The van der Waals surface area contributed by atoms with Gasteiger partial charge in [-0.3, -0.25) is 9.97 Å². The molecular weight excluding hydrogens is 633 g/mol. The maximum absolute atomic E-state index is 5.16. The van der Waals surface area contributed by atoms with E-state index in [1.165, 1.54) is 49.0 Å². The zero-order chi connectivity index (χ0) is 34.4. The molecule has 3 heterocycles. The van der Waals surface area contributed by atoms with Gasteiger partial charge in [0, 0.05) is 41.5 Å². The van der Waals surface area contributed by atoms with E-state index in [0.29, 0.717) is 5.82 Å². The molecule has 0 unspecified atom stereocenters. The lowest BCUT2D eigenvalue weighted by Gasteiger charge is -2.17. The highest BCUT2D eigenvalue weighted by atomic mass is 14.9. The van der Waals surface area contributed by atoms with Crippen LogP contribution in [0.2, 0.25) is 0 Å². The quantitative estimate of drug-likeness (QED) is 0.166. The summed E-state index contributed by atoms with van der Waals surface area (Å²) >= 11 is 0. The average molecular weight is 663 g/mol. The second kappa shape index (κ2) is 12.4. The van der Waals surface area contributed by atoms with E-state index in [1.54, 1.807) is 12.4 Å². The van der Waals surface area contributed by atoms with E-state index in [1.807, 2.05) is 30.6 Å². The van der Waals surface area contributed by atoms with Gasteiger partial charge in [0.15, 0.2) is 5.82 Å². The zero-order valence-corrected chi connectivity index (χ0v) is 28.1. The van der Waals surface area contributed by atoms with Crippen molar-refractivity contribution in [1.82, 2.24) is 19.9 Å². The number of hydrogen-bond donors (Lipinski definition) is 0. The molecule has 10 rings (SSSR count). The summed E-state index contributed by atoms with van der Waals surface area (Å²) in [5.41, 5.74) is 11.6. The van der Waals surface area contributed by atoms with Gasteiger partial charge in [0.25, 0.3) is 0 Å². The first-order chi connectivity index (χ1) is 25.8. The normalized spacial score (nSPS) is 11.5. The third kappa shape index (κ3) is 5.17. The molecule has 7 aromatic carbocycles. The Kier molecular flexibility index (Phi) is 7.10. The van der Waals surface area contributed by atoms with Crippen LogP contribution in [0.4, 0.5) is 0 Å². The SMILES string of the molecule is c1ccc(-c2ccc3ccc4c(-c5cccc(-c6cc(-c7cccnc7)nc(-c7ccc(-c8cccnc8)cc7)n6)c5)ccc5ccc2c3c54)cc1. The summed E-state index contributed by atoms with van der Waals surface area (Å²) in [5.74, 6) is 0.663. The Morgan fingerprint density at radius 1 is 0.327 bits per heavy atom. The van der Waals surface area contributed by atoms with Crippen molar-refractivity contribution in [2.24, 2.45) is 0 Å². The van der Waals surface area contributed by atoms with Crippen molar-refractivity contribution < 1.29 is 0 Å². The van der Waals surface area contributed by atoms with Crippen LogP contribution in [0.25, 0.3) is 99.6 Å². The van der Waals surface area contributed by atoms with Crippen LogP contribution in [-0.2, 0) is 0 Å². The molecule has 0 amide bonds. The van der Waals surface area contributed by atoms with E-state index in [0.717, 1.165) is 44.8 Å². The van der Waals surface area contributed by atoms with Crippen LogP contribution in [0, 0.1) is 0 Å². The first-order valence-corrected chi connectivity index (χ1v) is 17.4. The molecular formula is C48H30N4. The van der Waals surface area contributed by atoms with Crippen molar-refractivity contribution in [3.63, 3.8) is 0 Å². The fraction of sp³-hybridized carbons (Fsp3) is 0. The standard InChI is InChI=1S/C48H30N4/c1-2-7-32(8-3-1)40-21-17-33-20-24-43-41(22-18-34-19-23-42(40)46(33)47(34)43)36-9-4-10-37(27-36)44-28-45(39-12-6-26-50-30-39)52-48(51-44)35-15-13-31(14-16-35)38-11-5-25-49-29-38/h1-30H. The lowest BCUT2D eigenvalue weighted by atomic mass is 9.87. The number of benzene rings is 7. The van der Waals surface area contributed by atoms with Crippen molar-refractivity contribution in [2.45, 2.75) is 0 Å². The number of nitrogens with zero attached hydrogens (tertiary/aromatic N) is 4. The molecule has 0 N–H and O–H groups in total. The second-order valence-corrected chi connectivity index (χ2v) is 13.1. The molecule has 4 heteroatoms. The smallest absolute Gasteiger partial charge is 0.160 e. The minimum Gasteiger partial charge on any atom is -0.264 e. The summed E-state index contributed by atoms with van der Waals surface area (Å²) in [4.78, 5) is 18.9. The van der Waals surface area contributed by atoms with Crippen molar-refractivity contribution >= 4 is 32.3 Å². The van der Waals surface area contributed by atoms with Crippen LogP contribution in [0.3, 0.4) is 0 Å². The molecule has 4 nitrogen and oxygen atoms in total. The average Bonchev–Trinajstić information content (AvgIpc) is 3.23. The molecule has 0 bridgehead atoms. The lowest BCUT2D eigenvalue weighted by molar-refractivity contribution is 1.18. The first-order valence-electron chi connectivity index (χ1n) is 17.4. The van der Waals surface area contributed by atoms with Gasteiger partial charge in [-0.1, -0.05) is 127 Å². The molecule has 242 valence electrons. The van der Waals surface area contributed by atoms with Crippen LogP contribution in [0.5, 0.6) is 0 Å². The summed E-state index contributed by atoms with van der Waals surface area (Å²) in [5, 5.41) is 7.63. The molecule has 0 aliphatic rings. The monoisotopic (exact) mass is 662 g/mol. The molecule has 0 radical (unpaired) electrons. The van der Waals surface area contributed by atoms with Gasteiger partial charge in [-0.25, -0.2) is 9.97 Å². The van der Waals surface area contributed by atoms with E-state index in [9.17, 15) is 0 Å². The Bertz CT molecular complexity index is 2870. The molecule has 0 saturated carbocycles. The summed E-state index contributed by atoms with van der Waals surface area (Å²) in [7, 11) is 0. The van der Waals surface area contributed by atoms with Crippen molar-refractivity contribution in [3.05, 3.63) is 183 Å². The maximum Gasteiger partial charge on any atom is 0.160 e. The van der Waals surface area contributed by atoms with Gasteiger partial charge in [-0.05, 0) is 96.0 Å². The van der Waals surface area contributed by atoms with E-state index >= 15 is 0 Å². The Balaban J connectivity index is 1.11. The van der Waals surface area contributed by atoms with Gasteiger partial charge >= 0.3 is 0 Å². The van der Waals surface area contributed by atoms with Crippen LogP contribution in [0.1, 0.15) is 0 Å². The van der Waals surface area contributed by atoms with E-state index in [4.69, 9.17) is 9.97 Å². The first kappa shape index (κ1) is 29.8. The number of pyridine rings is 2. The number of aromatic nitrogens is 4. The van der Waals surface area contributed by atoms with Crippen molar-refractivity contribution in [1.29, 1.82) is 0 Å². The van der Waals surface area contributed by atoms with Crippen LogP contribution >= 0.6 is 0 Å². The molecule has 0 atom stereocenters. The van der Waals surface area contributed by atoms with Gasteiger partial charge in [0.1, 0.15) is 0 Å². The third-order valence-corrected chi connectivity index (χ3v) is 10.0. The fourth-order valence-corrected chi connectivity index (χ4v) is 7.50. The maximum atomic E-state index is 5.16. The molecule has 52 heavy (non-hydrogen) atoms. The molecule has 0 saturated heterocycles.